The zero-order valence-corrected chi connectivity index (χ0v) is 13.0. The maximum Gasteiger partial charge on any atom is 0.122 e. The number of ether oxygens (including phenoxy) is 1. The van der Waals surface area contributed by atoms with E-state index in [0.29, 0.717) is 6.04 Å². The van der Waals surface area contributed by atoms with Gasteiger partial charge in [0.15, 0.2) is 0 Å². The van der Waals surface area contributed by atoms with Gasteiger partial charge in [0.2, 0.25) is 0 Å². The van der Waals surface area contributed by atoms with Crippen LogP contribution in [0.2, 0.25) is 0 Å². The number of fused-ring (bicyclic) bond motifs is 1. The Hall–Kier alpha value is -1.02. The smallest absolute Gasteiger partial charge is 0.122 e. The van der Waals surface area contributed by atoms with E-state index in [1.54, 1.807) is 0 Å². The lowest BCUT2D eigenvalue weighted by molar-refractivity contribution is 0.180. The van der Waals surface area contributed by atoms with E-state index >= 15 is 0 Å². The molecule has 2 aliphatic rings. The fraction of sp³-hybridized carbons (Fsp3) is 0.667. The molecule has 0 aromatic heterocycles. The molecule has 20 heavy (non-hydrogen) atoms. The first-order valence-electron chi connectivity index (χ1n) is 8.10. The Kier molecular flexibility index (Phi) is 4.02. The summed E-state index contributed by atoms with van der Waals surface area (Å²) in [6.45, 7) is 5.67. The number of nitrogens with one attached hydrogen (secondary N) is 1. The van der Waals surface area contributed by atoms with E-state index in [1.165, 1.54) is 30.4 Å². The molecule has 1 aliphatic heterocycles. The van der Waals surface area contributed by atoms with Crippen molar-refractivity contribution in [2.75, 3.05) is 13.7 Å². The van der Waals surface area contributed by atoms with E-state index in [1.807, 2.05) is 0 Å². The summed E-state index contributed by atoms with van der Waals surface area (Å²) in [5.74, 6) is 3.57. The van der Waals surface area contributed by atoms with Crippen LogP contribution in [-0.4, -0.2) is 13.7 Å². The third-order valence-corrected chi connectivity index (χ3v) is 5.07. The molecule has 2 heteroatoms. The van der Waals surface area contributed by atoms with Gasteiger partial charge in [-0.3, -0.25) is 0 Å². The summed E-state index contributed by atoms with van der Waals surface area (Å²) in [6, 6.07) is 7.28. The van der Waals surface area contributed by atoms with Crippen molar-refractivity contribution in [2.24, 2.45) is 17.8 Å². The monoisotopic (exact) mass is 273 g/mol. The van der Waals surface area contributed by atoms with Crippen LogP contribution in [0.15, 0.2) is 18.2 Å². The molecule has 1 aromatic rings. The van der Waals surface area contributed by atoms with Crippen LogP contribution >= 0.6 is 0 Å². The van der Waals surface area contributed by atoms with Crippen LogP contribution in [0.5, 0.6) is 5.75 Å². The topological polar surface area (TPSA) is 21.3 Å². The maximum atomic E-state index is 5.63. The van der Waals surface area contributed by atoms with Crippen molar-refractivity contribution in [2.45, 2.75) is 45.6 Å². The summed E-state index contributed by atoms with van der Waals surface area (Å²) in [5.41, 5.74) is 2.84. The summed E-state index contributed by atoms with van der Waals surface area (Å²) < 4.78 is 5.63. The molecule has 1 saturated carbocycles. The van der Waals surface area contributed by atoms with E-state index in [9.17, 15) is 0 Å². The second-order valence-corrected chi connectivity index (χ2v) is 6.91. The summed E-state index contributed by atoms with van der Waals surface area (Å²) >= 11 is 0. The summed E-state index contributed by atoms with van der Waals surface area (Å²) in [6.07, 6.45) is 5.16. The van der Waals surface area contributed by atoms with Crippen molar-refractivity contribution in [1.82, 2.24) is 5.32 Å². The van der Waals surface area contributed by atoms with Crippen molar-refractivity contribution in [1.29, 1.82) is 0 Å². The minimum Gasteiger partial charge on any atom is -0.493 e. The molecule has 3 rings (SSSR count). The molecular formula is C18H27NO. The molecule has 1 fully saturated rings. The molecule has 0 radical (unpaired) electrons. The van der Waals surface area contributed by atoms with Gasteiger partial charge in [0.25, 0.3) is 0 Å². The van der Waals surface area contributed by atoms with Gasteiger partial charge < -0.3 is 10.1 Å². The van der Waals surface area contributed by atoms with Crippen LogP contribution in [0.25, 0.3) is 0 Å². The third-order valence-electron chi connectivity index (χ3n) is 5.07. The van der Waals surface area contributed by atoms with Crippen molar-refractivity contribution in [3.8, 4) is 5.75 Å². The molecule has 0 saturated heterocycles. The normalized spacial score (nSPS) is 30.6. The van der Waals surface area contributed by atoms with Gasteiger partial charge in [-0.05, 0) is 61.3 Å². The molecular weight excluding hydrogens is 246 g/mol. The zero-order valence-electron chi connectivity index (χ0n) is 13.0. The molecule has 1 aliphatic carbocycles. The quantitative estimate of drug-likeness (QED) is 0.900. The van der Waals surface area contributed by atoms with Crippen LogP contribution in [0.1, 0.15) is 50.3 Å². The SMILES string of the molecule is CNC(c1ccc2c(c1)CCO2)C1CC(C)CC(C)C1. The van der Waals surface area contributed by atoms with E-state index in [4.69, 9.17) is 4.74 Å². The Morgan fingerprint density at radius 1 is 1.15 bits per heavy atom. The summed E-state index contributed by atoms with van der Waals surface area (Å²) in [4.78, 5) is 0. The van der Waals surface area contributed by atoms with Gasteiger partial charge in [-0.15, -0.1) is 0 Å². The van der Waals surface area contributed by atoms with E-state index in [0.717, 1.165) is 36.5 Å². The second-order valence-electron chi connectivity index (χ2n) is 6.91. The molecule has 110 valence electrons. The lowest BCUT2D eigenvalue weighted by Crippen LogP contribution is -2.31. The summed E-state index contributed by atoms with van der Waals surface area (Å²) in [7, 11) is 2.11. The molecule has 1 heterocycles. The highest BCUT2D eigenvalue weighted by atomic mass is 16.5. The van der Waals surface area contributed by atoms with E-state index in [2.05, 4.69) is 44.4 Å². The molecule has 0 spiro atoms. The van der Waals surface area contributed by atoms with Crippen LogP contribution < -0.4 is 10.1 Å². The van der Waals surface area contributed by atoms with Crippen LogP contribution in [0.3, 0.4) is 0 Å². The fourth-order valence-electron chi connectivity index (χ4n) is 4.36. The largest absolute Gasteiger partial charge is 0.493 e. The van der Waals surface area contributed by atoms with Crippen LogP contribution in [0.4, 0.5) is 0 Å². The highest BCUT2D eigenvalue weighted by Crippen LogP contribution is 2.40. The van der Waals surface area contributed by atoms with Gasteiger partial charge in [0.1, 0.15) is 5.75 Å². The molecule has 0 bridgehead atoms. The predicted octanol–water partition coefficient (Wildman–Crippen LogP) is 3.95. The Morgan fingerprint density at radius 2 is 1.90 bits per heavy atom. The number of hydrogen-bond acceptors (Lipinski definition) is 2. The first-order chi connectivity index (χ1) is 9.67. The van der Waals surface area contributed by atoms with Crippen molar-refractivity contribution >= 4 is 0 Å². The average molecular weight is 273 g/mol. The van der Waals surface area contributed by atoms with Gasteiger partial charge in [0.05, 0.1) is 6.61 Å². The maximum absolute atomic E-state index is 5.63. The van der Waals surface area contributed by atoms with Gasteiger partial charge >= 0.3 is 0 Å². The Balaban J connectivity index is 1.82. The Labute approximate surface area is 122 Å². The number of hydrogen-bond donors (Lipinski definition) is 1. The second kappa shape index (κ2) is 5.77. The van der Waals surface area contributed by atoms with Gasteiger partial charge in [0, 0.05) is 12.5 Å². The van der Waals surface area contributed by atoms with Crippen LogP contribution in [-0.2, 0) is 6.42 Å². The van der Waals surface area contributed by atoms with E-state index in [-0.39, 0.29) is 0 Å². The average Bonchev–Trinajstić information content (AvgIpc) is 2.86. The lowest BCUT2D eigenvalue weighted by atomic mass is 9.72. The standard InChI is InChI=1S/C18H27NO/c1-12-8-13(2)10-16(9-12)18(19-3)15-4-5-17-14(11-15)6-7-20-17/h4-5,11-13,16,18-19H,6-10H2,1-3H3. The third kappa shape index (κ3) is 2.71. The fourth-order valence-corrected chi connectivity index (χ4v) is 4.36. The number of rotatable bonds is 3. The Morgan fingerprint density at radius 3 is 2.60 bits per heavy atom. The molecule has 2 nitrogen and oxygen atoms in total. The van der Waals surface area contributed by atoms with Crippen LogP contribution in [0, 0.1) is 17.8 Å². The molecule has 3 atom stereocenters. The van der Waals surface area contributed by atoms with Gasteiger partial charge in [-0.2, -0.15) is 0 Å². The zero-order chi connectivity index (χ0) is 14.1. The van der Waals surface area contributed by atoms with Crippen molar-refractivity contribution in [3.63, 3.8) is 0 Å². The first kappa shape index (κ1) is 13.9. The molecule has 1 N–H and O–H groups in total. The predicted molar refractivity (Wildman–Crippen MR) is 83.1 cm³/mol. The lowest BCUT2D eigenvalue weighted by Gasteiger charge is -2.36. The van der Waals surface area contributed by atoms with Gasteiger partial charge in [-0.25, -0.2) is 0 Å². The minimum atomic E-state index is 0.492. The number of benzene rings is 1. The molecule has 1 aromatic carbocycles. The van der Waals surface area contributed by atoms with E-state index < -0.39 is 0 Å². The minimum absolute atomic E-state index is 0.492. The first-order valence-corrected chi connectivity index (χ1v) is 8.10. The van der Waals surface area contributed by atoms with Crippen molar-refractivity contribution < 1.29 is 4.74 Å². The Bertz CT molecular complexity index is 460. The van der Waals surface area contributed by atoms with Gasteiger partial charge in [-0.1, -0.05) is 26.0 Å². The highest BCUT2D eigenvalue weighted by molar-refractivity contribution is 5.41. The van der Waals surface area contributed by atoms with Crippen molar-refractivity contribution in [3.05, 3.63) is 29.3 Å². The molecule has 3 unspecified atom stereocenters. The highest BCUT2D eigenvalue weighted by Gasteiger charge is 2.30. The molecule has 0 amide bonds. The summed E-state index contributed by atoms with van der Waals surface area (Å²) in [5, 5.41) is 3.58.